The first-order valence-corrected chi connectivity index (χ1v) is 13.4. The minimum Gasteiger partial charge on any atom is -0.467 e. The first-order chi connectivity index (χ1) is 17.3. The van der Waals surface area contributed by atoms with E-state index in [1.54, 1.807) is 24.3 Å². The van der Waals surface area contributed by atoms with Crippen molar-refractivity contribution in [1.29, 1.82) is 0 Å². The maximum Gasteiger partial charge on any atom is 0.333 e. The zero-order chi connectivity index (χ0) is 25.7. The van der Waals surface area contributed by atoms with E-state index in [0.717, 1.165) is 5.56 Å². The second-order valence-corrected chi connectivity index (χ2v) is 10.7. The standard InChI is InChI=1S/C28H26N2O5S/c1-35-28(32)26(21-13-7-4-8-14-21)30(19-31)27-22-15-9-10-16-24(22)29-25(20-11-5-3-6-12-20)23(27)17-18-36(2,33)34/h3-16,19,26H,17-18H2,1-2H3. The third-order valence-corrected chi connectivity index (χ3v) is 6.87. The van der Waals surface area contributed by atoms with Crippen molar-refractivity contribution in [1.82, 2.24) is 4.98 Å². The number of anilines is 1. The molecule has 8 heteroatoms. The lowest BCUT2D eigenvalue weighted by atomic mass is 9.96. The number of para-hydroxylation sites is 1. The number of sulfone groups is 1. The molecule has 0 fully saturated rings. The number of carbonyl (C=O) groups excluding carboxylic acids is 2. The van der Waals surface area contributed by atoms with Gasteiger partial charge in [0.2, 0.25) is 6.41 Å². The molecule has 1 amide bonds. The van der Waals surface area contributed by atoms with Gasteiger partial charge >= 0.3 is 5.97 Å². The molecule has 1 atom stereocenters. The van der Waals surface area contributed by atoms with Gasteiger partial charge in [0, 0.05) is 22.8 Å². The van der Waals surface area contributed by atoms with Gasteiger partial charge in [0.05, 0.1) is 29.8 Å². The molecule has 4 aromatic rings. The molecule has 0 spiro atoms. The van der Waals surface area contributed by atoms with Gasteiger partial charge in [0.25, 0.3) is 0 Å². The maximum absolute atomic E-state index is 13.1. The summed E-state index contributed by atoms with van der Waals surface area (Å²) < 4.78 is 29.5. The van der Waals surface area contributed by atoms with Crippen molar-refractivity contribution in [3.05, 3.63) is 96.1 Å². The summed E-state index contributed by atoms with van der Waals surface area (Å²) in [6, 6.07) is 24.4. The lowest BCUT2D eigenvalue weighted by Gasteiger charge is -2.30. The molecule has 4 rings (SSSR count). The molecule has 36 heavy (non-hydrogen) atoms. The van der Waals surface area contributed by atoms with Gasteiger partial charge in [-0.1, -0.05) is 78.9 Å². The number of hydrogen-bond acceptors (Lipinski definition) is 6. The Morgan fingerprint density at radius 3 is 2.19 bits per heavy atom. The molecule has 0 N–H and O–H groups in total. The summed E-state index contributed by atoms with van der Waals surface area (Å²) in [7, 11) is -2.07. The van der Waals surface area contributed by atoms with Crippen LogP contribution < -0.4 is 4.90 Å². The fourth-order valence-corrected chi connectivity index (χ4v) is 4.86. The topological polar surface area (TPSA) is 93.6 Å². The van der Waals surface area contributed by atoms with Crippen LogP contribution in [-0.4, -0.2) is 44.9 Å². The predicted molar refractivity (Wildman–Crippen MR) is 140 cm³/mol. The molecule has 0 saturated carbocycles. The number of pyridine rings is 1. The number of amides is 1. The third-order valence-electron chi connectivity index (χ3n) is 5.92. The summed E-state index contributed by atoms with van der Waals surface area (Å²) in [6.45, 7) is 0. The van der Waals surface area contributed by atoms with Crippen LogP contribution in [0.2, 0.25) is 0 Å². The van der Waals surface area contributed by atoms with Crippen LogP contribution in [0, 0.1) is 0 Å². The molecule has 0 radical (unpaired) electrons. The second-order valence-electron chi connectivity index (χ2n) is 8.40. The van der Waals surface area contributed by atoms with E-state index >= 15 is 0 Å². The largest absolute Gasteiger partial charge is 0.467 e. The fourth-order valence-electron chi connectivity index (χ4n) is 4.29. The molecule has 1 aromatic heterocycles. The van der Waals surface area contributed by atoms with Crippen LogP contribution in [0.4, 0.5) is 5.69 Å². The molecule has 1 unspecified atom stereocenters. The van der Waals surface area contributed by atoms with Crippen molar-refractivity contribution in [3.8, 4) is 11.3 Å². The van der Waals surface area contributed by atoms with Gasteiger partial charge in [-0.2, -0.15) is 0 Å². The summed E-state index contributed by atoms with van der Waals surface area (Å²) in [5, 5.41) is 0.623. The average molecular weight is 503 g/mol. The lowest BCUT2D eigenvalue weighted by Crippen LogP contribution is -2.35. The molecular formula is C28H26N2O5S. The van der Waals surface area contributed by atoms with Crippen molar-refractivity contribution < 1.29 is 22.7 Å². The van der Waals surface area contributed by atoms with E-state index in [-0.39, 0.29) is 12.2 Å². The highest BCUT2D eigenvalue weighted by atomic mass is 32.2. The fraction of sp³-hybridized carbons (Fsp3) is 0.179. The quantitative estimate of drug-likeness (QED) is 0.249. The van der Waals surface area contributed by atoms with Crippen molar-refractivity contribution in [2.75, 3.05) is 24.0 Å². The minimum absolute atomic E-state index is 0.100. The lowest BCUT2D eigenvalue weighted by molar-refractivity contribution is -0.143. The van der Waals surface area contributed by atoms with Crippen LogP contribution in [0.5, 0.6) is 0 Å². The maximum atomic E-state index is 13.1. The predicted octanol–water partition coefficient (Wildman–Crippen LogP) is 4.37. The Kier molecular flexibility index (Phi) is 7.45. The zero-order valence-electron chi connectivity index (χ0n) is 20.0. The van der Waals surface area contributed by atoms with Crippen molar-refractivity contribution in [2.24, 2.45) is 0 Å². The van der Waals surface area contributed by atoms with Gasteiger partial charge in [-0.05, 0) is 18.1 Å². The molecule has 0 saturated heterocycles. The van der Waals surface area contributed by atoms with E-state index in [2.05, 4.69) is 0 Å². The SMILES string of the molecule is COC(=O)C(c1ccccc1)N(C=O)c1c(CCS(C)(=O)=O)c(-c2ccccc2)nc2ccccc12. The number of aromatic nitrogens is 1. The molecule has 0 bridgehead atoms. The average Bonchev–Trinajstić information content (AvgIpc) is 2.90. The molecule has 0 aliphatic carbocycles. The zero-order valence-corrected chi connectivity index (χ0v) is 20.8. The number of rotatable bonds is 9. The van der Waals surface area contributed by atoms with Crippen LogP contribution in [0.25, 0.3) is 22.2 Å². The third kappa shape index (κ3) is 5.28. The Labute approximate surface area is 210 Å². The van der Waals surface area contributed by atoms with Gasteiger partial charge in [-0.3, -0.25) is 9.69 Å². The Morgan fingerprint density at radius 1 is 0.972 bits per heavy atom. The number of carbonyl (C=O) groups is 2. The van der Waals surface area contributed by atoms with Gasteiger partial charge in [-0.25, -0.2) is 18.2 Å². The van der Waals surface area contributed by atoms with E-state index in [0.29, 0.717) is 39.8 Å². The van der Waals surface area contributed by atoms with Crippen LogP contribution in [-0.2, 0) is 30.6 Å². The van der Waals surface area contributed by atoms with Crippen LogP contribution in [0.15, 0.2) is 84.9 Å². The van der Waals surface area contributed by atoms with E-state index in [9.17, 15) is 18.0 Å². The molecule has 0 aliphatic rings. The number of esters is 1. The van der Waals surface area contributed by atoms with Crippen LogP contribution in [0.1, 0.15) is 17.2 Å². The van der Waals surface area contributed by atoms with Crippen LogP contribution >= 0.6 is 0 Å². The van der Waals surface area contributed by atoms with E-state index < -0.39 is 21.8 Å². The molecule has 7 nitrogen and oxygen atoms in total. The molecular weight excluding hydrogens is 476 g/mol. The Morgan fingerprint density at radius 2 is 1.58 bits per heavy atom. The number of ether oxygens (including phenoxy) is 1. The smallest absolute Gasteiger partial charge is 0.333 e. The highest BCUT2D eigenvalue weighted by molar-refractivity contribution is 7.90. The van der Waals surface area contributed by atoms with Crippen LogP contribution in [0.3, 0.4) is 0 Å². The Balaban J connectivity index is 2.07. The highest BCUT2D eigenvalue weighted by Gasteiger charge is 2.33. The van der Waals surface area contributed by atoms with Gasteiger partial charge in [0.15, 0.2) is 6.04 Å². The number of methoxy groups -OCH3 is 1. The highest BCUT2D eigenvalue weighted by Crippen LogP contribution is 2.40. The second kappa shape index (κ2) is 10.7. The normalized spacial score (nSPS) is 12.2. The number of benzene rings is 3. The summed E-state index contributed by atoms with van der Waals surface area (Å²) >= 11 is 0. The van der Waals surface area contributed by atoms with Gasteiger partial charge in [0.1, 0.15) is 9.84 Å². The summed E-state index contributed by atoms with van der Waals surface area (Å²) in [5.74, 6) is -0.773. The summed E-state index contributed by atoms with van der Waals surface area (Å²) in [5.41, 5.74) is 3.48. The Bertz CT molecular complexity index is 1490. The Hall–Kier alpha value is -4.04. The molecule has 1 heterocycles. The number of nitrogens with zero attached hydrogens (tertiary/aromatic N) is 2. The van der Waals surface area contributed by atoms with E-state index in [1.807, 2.05) is 60.7 Å². The molecule has 0 aliphatic heterocycles. The van der Waals surface area contributed by atoms with E-state index in [1.165, 1.54) is 18.3 Å². The van der Waals surface area contributed by atoms with Crippen molar-refractivity contribution in [2.45, 2.75) is 12.5 Å². The molecule has 3 aromatic carbocycles. The van der Waals surface area contributed by atoms with Crippen molar-refractivity contribution in [3.63, 3.8) is 0 Å². The van der Waals surface area contributed by atoms with Gasteiger partial charge in [-0.15, -0.1) is 0 Å². The summed E-state index contributed by atoms with van der Waals surface area (Å²) in [4.78, 5) is 32.0. The van der Waals surface area contributed by atoms with Gasteiger partial charge < -0.3 is 4.74 Å². The first kappa shape index (κ1) is 25.1. The minimum atomic E-state index is -3.34. The number of hydrogen-bond donors (Lipinski definition) is 0. The van der Waals surface area contributed by atoms with Crippen molar-refractivity contribution >= 4 is 38.8 Å². The number of fused-ring (bicyclic) bond motifs is 1. The van der Waals surface area contributed by atoms with E-state index in [4.69, 9.17) is 9.72 Å². The molecule has 184 valence electrons. The first-order valence-electron chi connectivity index (χ1n) is 11.3. The summed E-state index contributed by atoms with van der Waals surface area (Å²) in [6.07, 6.45) is 1.86. The monoisotopic (exact) mass is 502 g/mol.